The second-order valence-corrected chi connectivity index (χ2v) is 3.97. The lowest BCUT2D eigenvalue weighted by Gasteiger charge is -2.13. The van der Waals surface area contributed by atoms with E-state index in [1.54, 1.807) is 20.8 Å². The molecular formula is C11H18N4O4. The number of anilines is 1. The van der Waals surface area contributed by atoms with E-state index < -0.39 is 16.9 Å². The number of aromatic nitrogens is 2. The molecule has 1 aromatic rings. The van der Waals surface area contributed by atoms with Gasteiger partial charge in [0, 0.05) is 6.54 Å². The van der Waals surface area contributed by atoms with Crippen LogP contribution in [0.2, 0.25) is 0 Å². The van der Waals surface area contributed by atoms with Crippen molar-refractivity contribution in [3.63, 3.8) is 0 Å². The fourth-order valence-electron chi connectivity index (χ4n) is 1.69. The first-order valence-corrected chi connectivity index (χ1v) is 6.07. The van der Waals surface area contributed by atoms with Crippen molar-refractivity contribution in [1.82, 2.24) is 9.78 Å². The molecule has 1 unspecified atom stereocenters. The summed E-state index contributed by atoms with van der Waals surface area (Å²) in [4.78, 5) is 22.1. The highest BCUT2D eigenvalue weighted by molar-refractivity contribution is 5.79. The Morgan fingerprint density at radius 2 is 2.21 bits per heavy atom. The largest absolute Gasteiger partial charge is 0.464 e. The van der Waals surface area contributed by atoms with E-state index in [4.69, 9.17) is 4.74 Å². The average molecular weight is 270 g/mol. The first-order chi connectivity index (χ1) is 8.92. The molecule has 0 fully saturated rings. The smallest absolute Gasteiger partial charge is 0.333 e. The summed E-state index contributed by atoms with van der Waals surface area (Å²) in [5, 5.41) is 17.9. The van der Waals surface area contributed by atoms with Crippen LogP contribution in [0.3, 0.4) is 0 Å². The Bertz CT molecular complexity index is 483. The zero-order valence-corrected chi connectivity index (χ0v) is 11.5. The molecule has 1 atom stereocenters. The Morgan fingerprint density at radius 1 is 1.58 bits per heavy atom. The summed E-state index contributed by atoms with van der Waals surface area (Å²) >= 11 is 0. The maximum absolute atomic E-state index is 11.6. The van der Waals surface area contributed by atoms with Crippen LogP contribution >= 0.6 is 0 Å². The molecule has 0 aromatic carbocycles. The molecule has 0 radical (unpaired) electrons. The summed E-state index contributed by atoms with van der Waals surface area (Å²) in [6, 6.07) is -0.681. The molecule has 0 aliphatic rings. The Balaban J connectivity index is 3.05. The minimum atomic E-state index is -0.681. The van der Waals surface area contributed by atoms with E-state index in [-0.39, 0.29) is 18.1 Å². The first kappa shape index (κ1) is 14.9. The lowest BCUT2D eigenvalue weighted by molar-refractivity contribution is -0.384. The molecule has 0 saturated heterocycles. The van der Waals surface area contributed by atoms with E-state index in [0.29, 0.717) is 12.2 Å². The average Bonchev–Trinajstić information content (AvgIpc) is 2.65. The van der Waals surface area contributed by atoms with Crippen molar-refractivity contribution < 1.29 is 14.5 Å². The molecule has 0 aliphatic carbocycles. The van der Waals surface area contributed by atoms with Gasteiger partial charge in [-0.1, -0.05) is 0 Å². The zero-order chi connectivity index (χ0) is 14.6. The zero-order valence-electron chi connectivity index (χ0n) is 11.5. The standard InChI is InChI=1S/C11H18N4O4/c1-5-14-10(9(15(17)18)7(3)13-14)12-8(4)11(16)19-6-2/h8,12H,5-6H2,1-4H3. The van der Waals surface area contributed by atoms with E-state index in [2.05, 4.69) is 10.4 Å². The Kier molecular flexibility index (Phi) is 4.85. The predicted octanol–water partition coefficient (Wildman–Crippen LogP) is 1.48. The molecule has 1 aromatic heterocycles. The number of rotatable bonds is 6. The van der Waals surface area contributed by atoms with E-state index in [1.807, 2.05) is 6.92 Å². The summed E-state index contributed by atoms with van der Waals surface area (Å²) in [7, 11) is 0. The Morgan fingerprint density at radius 3 is 2.68 bits per heavy atom. The van der Waals surface area contributed by atoms with E-state index in [0.717, 1.165) is 0 Å². The normalized spacial score (nSPS) is 12.0. The summed E-state index contributed by atoms with van der Waals surface area (Å²) in [6.07, 6.45) is 0. The van der Waals surface area contributed by atoms with Crippen LogP contribution in [0.25, 0.3) is 0 Å². The summed E-state index contributed by atoms with van der Waals surface area (Å²) < 4.78 is 6.32. The molecule has 1 rings (SSSR count). The maximum Gasteiger partial charge on any atom is 0.333 e. The predicted molar refractivity (Wildman–Crippen MR) is 69.0 cm³/mol. The molecule has 0 spiro atoms. The molecule has 0 aliphatic heterocycles. The van der Waals surface area contributed by atoms with Crippen LogP contribution in [0.1, 0.15) is 26.5 Å². The van der Waals surface area contributed by atoms with Crippen LogP contribution in [0, 0.1) is 17.0 Å². The second-order valence-electron chi connectivity index (χ2n) is 3.97. The van der Waals surface area contributed by atoms with Gasteiger partial charge in [0.15, 0.2) is 0 Å². The molecule has 1 N–H and O–H groups in total. The molecule has 0 amide bonds. The monoisotopic (exact) mass is 270 g/mol. The summed E-state index contributed by atoms with van der Waals surface area (Å²) in [5.41, 5.74) is 0.198. The number of hydrogen-bond donors (Lipinski definition) is 1. The lowest BCUT2D eigenvalue weighted by atomic mass is 10.3. The quantitative estimate of drug-likeness (QED) is 0.477. The lowest BCUT2D eigenvalue weighted by Crippen LogP contribution is -2.29. The number of carbonyl (C=O) groups excluding carboxylic acids is 1. The Labute approximate surface area is 110 Å². The third kappa shape index (κ3) is 3.21. The second kappa shape index (κ2) is 6.17. The van der Waals surface area contributed by atoms with Crippen molar-refractivity contribution in [1.29, 1.82) is 0 Å². The minimum Gasteiger partial charge on any atom is -0.464 e. The van der Waals surface area contributed by atoms with Crippen molar-refractivity contribution >= 4 is 17.5 Å². The third-order valence-electron chi connectivity index (χ3n) is 2.57. The highest BCUT2D eigenvalue weighted by atomic mass is 16.6. The Hall–Kier alpha value is -2.12. The number of hydrogen-bond acceptors (Lipinski definition) is 6. The van der Waals surface area contributed by atoms with Crippen LogP contribution in [-0.2, 0) is 16.1 Å². The van der Waals surface area contributed by atoms with Crippen molar-refractivity contribution in [2.75, 3.05) is 11.9 Å². The van der Waals surface area contributed by atoms with Gasteiger partial charge in [-0.2, -0.15) is 5.10 Å². The molecule has 19 heavy (non-hydrogen) atoms. The topological polar surface area (TPSA) is 99.3 Å². The molecular weight excluding hydrogens is 252 g/mol. The van der Waals surface area contributed by atoms with Crippen LogP contribution in [-0.4, -0.2) is 33.3 Å². The number of ether oxygens (including phenoxy) is 1. The number of nitro groups is 1. The van der Waals surface area contributed by atoms with Gasteiger partial charge in [0.05, 0.1) is 11.5 Å². The molecule has 106 valence electrons. The highest BCUT2D eigenvalue weighted by Crippen LogP contribution is 2.28. The van der Waals surface area contributed by atoms with Gasteiger partial charge in [-0.3, -0.25) is 10.1 Å². The number of carbonyl (C=O) groups is 1. The van der Waals surface area contributed by atoms with Crippen molar-refractivity contribution in [3.8, 4) is 0 Å². The minimum absolute atomic E-state index is 0.113. The molecule has 8 nitrogen and oxygen atoms in total. The molecule has 0 bridgehead atoms. The van der Waals surface area contributed by atoms with E-state index >= 15 is 0 Å². The number of aryl methyl sites for hydroxylation is 2. The van der Waals surface area contributed by atoms with Crippen molar-refractivity contribution in [2.24, 2.45) is 0 Å². The van der Waals surface area contributed by atoms with Crippen LogP contribution < -0.4 is 5.32 Å². The van der Waals surface area contributed by atoms with Gasteiger partial charge >= 0.3 is 11.7 Å². The van der Waals surface area contributed by atoms with Gasteiger partial charge in [-0.05, 0) is 27.7 Å². The van der Waals surface area contributed by atoms with Crippen LogP contribution in [0.15, 0.2) is 0 Å². The molecule has 1 heterocycles. The third-order valence-corrected chi connectivity index (χ3v) is 2.57. The molecule has 8 heteroatoms. The van der Waals surface area contributed by atoms with Crippen molar-refractivity contribution in [2.45, 2.75) is 40.3 Å². The van der Waals surface area contributed by atoms with Gasteiger partial charge in [0.1, 0.15) is 11.7 Å². The van der Waals surface area contributed by atoms with Crippen LogP contribution in [0.5, 0.6) is 0 Å². The number of nitrogens with zero attached hydrogens (tertiary/aromatic N) is 3. The van der Waals surface area contributed by atoms with Gasteiger partial charge in [0.2, 0.25) is 5.82 Å². The summed E-state index contributed by atoms with van der Waals surface area (Å²) in [6.45, 7) is 7.39. The van der Waals surface area contributed by atoms with E-state index in [1.165, 1.54) is 4.68 Å². The van der Waals surface area contributed by atoms with Gasteiger partial charge in [-0.15, -0.1) is 0 Å². The van der Waals surface area contributed by atoms with Gasteiger partial charge in [-0.25, -0.2) is 9.48 Å². The van der Waals surface area contributed by atoms with Crippen LogP contribution in [0.4, 0.5) is 11.5 Å². The SMILES string of the molecule is CCOC(=O)C(C)Nc1c([N+](=O)[O-])c(C)nn1CC. The first-order valence-electron chi connectivity index (χ1n) is 6.07. The maximum atomic E-state index is 11.6. The fourth-order valence-corrected chi connectivity index (χ4v) is 1.69. The molecule has 0 saturated carbocycles. The van der Waals surface area contributed by atoms with E-state index in [9.17, 15) is 14.9 Å². The number of nitrogens with one attached hydrogen (secondary N) is 1. The number of esters is 1. The van der Waals surface area contributed by atoms with Gasteiger partial charge < -0.3 is 10.1 Å². The summed E-state index contributed by atoms with van der Waals surface area (Å²) in [5.74, 6) is -0.233. The highest BCUT2D eigenvalue weighted by Gasteiger charge is 2.27. The van der Waals surface area contributed by atoms with Gasteiger partial charge in [0.25, 0.3) is 0 Å². The van der Waals surface area contributed by atoms with Crippen molar-refractivity contribution in [3.05, 3.63) is 15.8 Å². The fraction of sp³-hybridized carbons (Fsp3) is 0.636.